The molecule has 0 atom stereocenters. The number of para-hydroxylation sites is 2. The van der Waals surface area contributed by atoms with Crippen molar-refractivity contribution >= 4 is 55.1 Å². The van der Waals surface area contributed by atoms with Gasteiger partial charge in [0.25, 0.3) is 0 Å². The van der Waals surface area contributed by atoms with Crippen LogP contribution in [0.1, 0.15) is 0 Å². The van der Waals surface area contributed by atoms with Gasteiger partial charge < -0.3 is 4.57 Å². The number of hydrogen-bond donors (Lipinski definition) is 0. The lowest BCUT2D eigenvalue weighted by Gasteiger charge is -2.22. The van der Waals surface area contributed by atoms with Gasteiger partial charge in [-0.05, 0) is 51.7 Å². The molecule has 7 aromatic carbocycles. The molecule has 0 saturated carbocycles. The summed E-state index contributed by atoms with van der Waals surface area (Å²) in [5, 5.41) is 7.76. The molecule has 40 heavy (non-hydrogen) atoms. The van der Waals surface area contributed by atoms with Gasteiger partial charge in [-0.15, -0.1) is 0 Å². The van der Waals surface area contributed by atoms with E-state index in [4.69, 9.17) is 0 Å². The van der Waals surface area contributed by atoms with Gasteiger partial charge in [-0.25, -0.2) is 0 Å². The number of fused-ring (bicyclic) bond motifs is 7. The van der Waals surface area contributed by atoms with Crippen LogP contribution in [0.5, 0.6) is 0 Å². The van der Waals surface area contributed by atoms with E-state index < -0.39 is 0 Å². The minimum atomic E-state index is 1.18. The highest BCUT2D eigenvalue weighted by Gasteiger charge is 2.23. The molecule has 0 unspecified atom stereocenters. The Morgan fingerprint density at radius 2 is 1.07 bits per heavy atom. The third-order valence-corrected chi connectivity index (χ3v) is 9.51. The average molecular weight is 526 g/mol. The van der Waals surface area contributed by atoms with Gasteiger partial charge >= 0.3 is 0 Å². The first-order chi connectivity index (χ1) is 19.9. The van der Waals surface area contributed by atoms with E-state index >= 15 is 0 Å². The lowest BCUT2D eigenvalue weighted by molar-refractivity contribution is 1.19. The molecule has 0 spiro atoms. The zero-order valence-corrected chi connectivity index (χ0v) is 22.5. The van der Waals surface area contributed by atoms with Gasteiger partial charge in [0.15, 0.2) is 0 Å². The van der Waals surface area contributed by atoms with Crippen LogP contribution in [0, 0.1) is 0 Å². The summed E-state index contributed by atoms with van der Waals surface area (Å²) < 4.78 is 2.49. The maximum Gasteiger partial charge on any atom is 0.0619 e. The second kappa shape index (κ2) is 8.35. The average Bonchev–Trinajstić information content (AvgIpc) is 3.37. The summed E-state index contributed by atoms with van der Waals surface area (Å²) in [7, 11) is 0. The summed E-state index contributed by atoms with van der Waals surface area (Å²) in [6, 6.07) is 51.2. The molecule has 9 rings (SSSR count). The van der Waals surface area contributed by atoms with Crippen LogP contribution in [0.3, 0.4) is 0 Å². The van der Waals surface area contributed by atoms with Crippen LogP contribution in [0.4, 0.5) is 0 Å². The van der Waals surface area contributed by atoms with Crippen LogP contribution in [0.2, 0.25) is 0 Å². The van der Waals surface area contributed by atoms with Crippen molar-refractivity contribution in [1.82, 2.24) is 4.57 Å². The maximum absolute atomic E-state index is 2.49. The molecular formula is C38H23NS. The van der Waals surface area contributed by atoms with E-state index in [9.17, 15) is 0 Å². The van der Waals surface area contributed by atoms with Gasteiger partial charge in [-0.2, -0.15) is 0 Å². The summed E-state index contributed by atoms with van der Waals surface area (Å²) in [6.07, 6.45) is 0. The van der Waals surface area contributed by atoms with Crippen LogP contribution < -0.4 is 0 Å². The second-order valence-corrected chi connectivity index (χ2v) is 11.6. The van der Waals surface area contributed by atoms with Gasteiger partial charge in [0.2, 0.25) is 0 Å². The number of nitrogens with zero attached hydrogens (tertiary/aromatic N) is 1. The van der Waals surface area contributed by atoms with E-state index in [1.54, 1.807) is 0 Å². The van der Waals surface area contributed by atoms with Crippen molar-refractivity contribution in [1.29, 1.82) is 0 Å². The van der Waals surface area contributed by atoms with Crippen molar-refractivity contribution in [2.75, 3.05) is 0 Å². The highest BCUT2D eigenvalue weighted by Crippen LogP contribution is 2.50. The number of aromatic nitrogens is 1. The minimum absolute atomic E-state index is 1.18. The molecule has 2 heteroatoms. The molecule has 0 aliphatic carbocycles. The molecule has 2 heterocycles. The van der Waals surface area contributed by atoms with Crippen LogP contribution >= 0.6 is 11.8 Å². The van der Waals surface area contributed by atoms with Gasteiger partial charge in [-0.3, -0.25) is 0 Å². The van der Waals surface area contributed by atoms with Crippen LogP contribution in [0.25, 0.3) is 71.3 Å². The van der Waals surface area contributed by atoms with Crippen molar-refractivity contribution < 1.29 is 0 Å². The molecule has 1 aliphatic heterocycles. The van der Waals surface area contributed by atoms with Gasteiger partial charge in [0.05, 0.1) is 11.0 Å². The molecule has 1 nitrogen and oxygen atoms in total. The third-order valence-electron chi connectivity index (χ3n) is 8.38. The highest BCUT2D eigenvalue weighted by molar-refractivity contribution is 7.99. The van der Waals surface area contributed by atoms with Gasteiger partial charge in [0, 0.05) is 42.6 Å². The number of rotatable bonds is 2. The molecule has 186 valence electrons. The molecule has 0 amide bonds. The molecular weight excluding hydrogens is 502 g/mol. The molecule has 0 fully saturated rings. The van der Waals surface area contributed by atoms with Crippen LogP contribution in [-0.2, 0) is 0 Å². The molecule has 0 radical (unpaired) electrons. The van der Waals surface area contributed by atoms with E-state index in [0.717, 1.165) is 0 Å². The van der Waals surface area contributed by atoms with Gasteiger partial charge in [-0.1, -0.05) is 127 Å². The quantitative estimate of drug-likeness (QED) is 0.217. The Labute approximate surface area is 236 Å². The number of benzene rings is 7. The van der Waals surface area contributed by atoms with Crippen molar-refractivity contribution in [2.45, 2.75) is 9.79 Å². The Bertz CT molecular complexity index is 2290. The summed E-state index contributed by atoms with van der Waals surface area (Å²) >= 11 is 1.88. The second-order valence-electron chi connectivity index (χ2n) is 10.5. The lowest BCUT2D eigenvalue weighted by atomic mass is 9.91. The van der Waals surface area contributed by atoms with Crippen molar-refractivity contribution in [3.8, 4) is 27.9 Å². The zero-order chi connectivity index (χ0) is 26.2. The Balaban J connectivity index is 1.45. The molecule has 0 N–H and O–H groups in total. The first kappa shape index (κ1) is 22.1. The SMILES string of the molecule is c1ccc(-n2c3c(-c4ccc5c6c(cccc46)-c4ccccc4S5)cccc3c3ccc4ccccc4c32)cc1. The van der Waals surface area contributed by atoms with Crippen molar-refractivity contribution in [3.05, 3.63) is 140 Å². The smallest absolute Gasteiger partial charge is 0.0619 e. The Kier molecular flexibility index (Phi) is 4.61. The fraction of sp³-hybridized carbons (Fsp3) is 0. The van der Waals surface area contributed by atoms with E-state index in [-0.39, 0.29) is 0 Å². The van der Waals surface area contributed by atoms with E-state index in [1.165, 1.54) is 81.1 Å². The van der Waals surface area contributed by atoms with E-state index in [1.807, 2.05) is 11.8 Å². The van der Waals surface area contributed by atoms with Crippen molar-refractivity contribution in [2.24, 2.45) is 0 Å². The zero-order valence-electron chi connectivity index (χ0n) is 21.6. The summed E-state index contributed by atoms with van der Waals surface area (Å²) in [5.74, 6) is 0. The molecule has 0 saturated heterocycles. The molecule has 1 aliphatic rings. The van der Waals surface area contributed by atoms with Gasteiger partial charge in [0.1, 0.15) is 0 Å². The van der Waals surface area contributed by atoms with E-state index in [0.29, 0.717) is 0 Å². The fourth-order valence-corrected chi connectivity index (χ4v) is 7.82. The third kappa shape index (κ3) is 3.00. The molecule has 0 bridgehead atoms. The summed E-state index contributed by atoms with van der Waals surface area (Å²) in [6.45, 7) is 0. The number of hydrogen-bond acceptors (Lipinski definition) is 1. The highest BCUT2D eigenvalue weighted by atomic mass is 32.2. The monoisotopic (exact) mass is 525 g/mol. The summed E-state index contributed by atoms with van der Waals surface area (Å²) in [5.41, 5.74) is 8.88. The topological polar surface area (TPSA) is 4.93 Å². The first-order valence-corrected chi connectivity index (χ1v) is 14.5. The standard InChI is InChI=1S/C38H23NS/c1-2-11-25(12-3-1)39-37-26-13-5-4-10-24(26)20-21-33(37)32-18-9-17-31(38(32)39)27-22-23-35-36-29(27)15-8-16-30(36)28-14-6-7-19-34(28)40-35/h1-23H. The van der Waals surface area contributed by atoms with Crippen molar-refractivity contribution in [3.63, 3.8) is 0 Å². The minimum Gasteiger partial charge on any atom is -0.308 e. The molecule has 8 aromatic rings. The largest absolute Gasteiger partial charge is 0.308 e. The predicted molar refractivity (Wildman–Crippen MR) is 171 cm³/mol. The first-order valence-electron chi connectivity index (χ1n) is 13.7. The fourth-order valence-electron chi connectivity index (χ4n) is 6.69. The Hall–Kier alpha value is -4.79. The molecule has 1 aromatic heterocycles. The van der Waals surface area contributed by atoms with E-state index in [2.05, 4.69) is 144 Å². The Morgan fingerprint density at radius 1 is 0.375 bits per heavy atom. The van der Waals surface area contributed by atoms with Crippen LogP contribution in [0.15, 0.2) is 149 Å². The lowest BCUT2D eigenvalue weighted by Crippen LogP contribution is -1.97. The Morgan fingerprint density at radius 3 is 2.00 bits per heavy atom. The summed E-state index contributed by atoms with van der Waals surface area (Å²) in [4.78, 5) is 2.66. The predicted octanol–water partition coefficient (Wildman–Crippen LogP) is 10.9. The van der Waals surface area contributed by atoms with Crippen LogP contribution in [-0.4, -0.2) is 4.57 Å². The maximum atomic E-state index is 2.49. The normalized spacial score (nSPS) is 12.4.